The van der Waals surface area contributed by atoms with Crippen molar-refractivity contribution in [2.24, 2.45) is 0 Å². The quantitative estimate of drug-likeness (QED) is 0.770. The van der Waals surface area contributed by atoms with Crippen LogP contribution in [0.1, 0.15) is 10.4 Å². The Morgan fingerprint density at radius 3 is 2.90 bits per heavy atom. The molecule has 3 rings (SSSR count). The summed E-state index contributed by atoms with van der Waals surface area (Å²) < 4.78 is 5.71. The third-order valence-corrected chi connectivity index (χ3v) is 3.81. The van der Waals surface area contributed by atoms with Gasteiger partial charge in [0, 0.05) is 6.20 Å². The van der Waals surface area contributed by atoms with E-state index in [0.29, 0.717) is 16.5 Å². The van der Waals surface area contributed by atoms with Gasteiger partial charge in [-0.1, -0.05) is 23.9 Å². The average Bonchev–Trinajstić information content (AvgIpc) is 2.50. The van der Waals surface area contributed by atoms with Crippen molar-refractivity contribution >= 4 is 23.6 Å². The highest BCUT2D eigenvalue weighted by molar-refractivity contribution is 7.99. The summed E-state index contributed by atoms with van der Waals surface area (Å²) in [6.45, 7) is -0.436. The van der Waals surface area contributed by atoms with Crippen LogP contribution in [0.4, 0.5) is 0 Å². The lowest BCUT2D eigenvalue weighted by Crippen LogP contribution is -2.29. The fourth-order valence-corrected chi connectivity index (χ4v) is 2.68. The molecule has 2 aromatic rings. The van der Waals surface area contributed by atoms with E-state index in [1.807, 2.05) is 24.3 Å². The normalized spacial score (nSPS) is 11.8. The van der Waals surface area contributed by atoms with Crippen LogP contribution in [0.5, 0.6) is 11.5 Å². The lowest BCUT2D eigenvalue weighted by Gasteiger charge is -2.18. The Balaban J connectivity index is 1.83. The maximum absolute atomic E-state index is 11.8. The SMILES string of the molecule is O=C(O)CNC(=O)c1cnc2c(c1)Oc1ccccc1S2. The maximum Gasteiger partial charge on any atom is 0.322 e. The number of hydrogen-bond donors (Lipinski definition) is 2. The summed E-state index contributed by atoms with van der Waals surface area (Å²) in [4.78, 5) is 27.4. The molecule has 1 aliphatic heterocycles. The van der Waals surface area contributed by atoms with E-state index in [4.69, 9.17) is 9.84 Å². The predicted octanol–water partition coefficient (Wildman–Crippen LogP) is 2.15. The van der Waals surface area contributed by atoms with Crippen molar-refractivity contribution in [3.05, 3.63) is 42.1 Å². The zero-order valence-electron chi connectivity index (χ0n) is 10.7. The van der Waals surface area contributed by atoms with Gasteiger partial charge in [0.25, 0.3) is 5.91 Å². The Labute approximate surface area is 124 Å². The number of amides is 1. The zero-order valence-corrected chi connectivity index (χ0v) is 11.5. The topological polar surface area (TPSA) is 88.5 Å². The smallest absolute Gasteiger partial charge is 0.322 e. The van der Waals surface area contributed by atoms with Gasteiger partial charge in [-0.05, 0) is 18.2 Å². The zero-order chi connectivity index (χ0) is 14.8. The number of carboxylic acids is 1. The molecule has 0 atom stereocenters. The van der Waals surface area contributed by atoms with Crippen molar-refractivity contribution < 1.29 is 19.4 Å². The second-order valence-corrected chi connectivity index (χ2v) is 5.29. The summed E-state index contributed by atoms with van der Waals surface area (Å²) in [6.07, 6.45) is 1.40. The van der Waals surface area contributed by atoms with Gasteiger partial charge in [0.15, 0.2) is 5.75 Å². The van der Waals surface area contributed by atoms with Gasteiger partial charge in [0.1, 0.15) is 17.3 Å². The number of aromatic nitrogens is 1. The standard InChI is InChI=1S/C14H10N2O4S/c17-12(18)7-15-13(19)8-5-10-14(16-6-8)21-11-4-2-1-3-9(11)20-10/h1-6H,7H2,(H,15,19)(H,17,18). The first-order chi connectivity index (χ1) is 10.1. The van der Waals surface area contributed by atoms with Crippen LogP contribution in [0.15, 0.2) is 46.5 Å². The van der Waals surface area contributed by atoms with Gasteiger partial charge in [-0.3, -0.25) is 9.59 Å². The van der Waals surface area contributed by atoms with Gasteiger partial charge in [0.05, 0.1) is 10.5 Å². The first-order valence-corrected chi connectivity index (χ1v) is 6.90. The van der Waals surface area contributed by atoms with Crippen molar-refractivity contribution in [3.63, 3.8) is 0 Å². The van der Waals surface area contributed by atoms with Gasteiger partial charge in [-0.2, -0.15) is 0 Å². The van der Waals surface area contributed by atoms with Crippen LogP contribution in [-0.2, 0) is 4.79 Å². The number of carbonyl (C=O) groups excluding carboxylic acids is 1. The molecule has 0 bridgehead atoms. The molecule has 21 heavy (non-hydrogen) atoms. The molecule has 0 aliphatic carbocycles. The largest absolute Gasteiger partial charge is 0.480 e. The van der Waals surface area contributed by atoms with Gasteiger partial charge in [-0.25, -0.2) is 4.98 Å². The minimum atomic E-state index is -1.10. The third-order valence-electron chi connectivity index (χ3n) is 2.76. The third kappa shape index (κ3) is 2.82. The molecule has 0 unspecified atom stereocenters. The van der Waals surface area contributed by atoms with E-state index in [0.717, 1.165) is 4.90 Å². The number of hydrogen-bond acceptors (Lipinski definition) is 5. The Kier molecular flexibility index (Phi) is 3.49. The molecule has 2 N–H and O–H groups in total. The summed E-state index contributed by atoms with van der Waals surface area (Å²) in [5.74, 6) is -0.406. The second-order valence-electron chi connectivity index (χ2n) is 4.25. The van der Waals surface area contributed by atoms with Gasteiger partial charge in [-0.15, -0.1) is 0 Å². The fraction of sp³-hybridized carbons (Fsp3) is 0.0714. The fourth-order valence-electron chi connectivity index (χ4n) is 1.81. The Morgan fingerprint density at radius 1 is 1.29 bits per heavy atom. The van der Waals surface area contributed by atoms with Crippen LogP contribution in [-0.4, -0.2) is 28.5 Å². The number of carboxylic acid groups (broad SMARTS) is 1. The molecule has 0 saturated heterocycles. The van der Waals surface area contributed by atoms with Crippen LogP contribution < -0.4 is 10.1 Å². The van der Waals surface area contributed by atoms with E-state index in [1.54, 1.807) is 6.07 Å². The molecule has 6 nitrogen and oxygen atoms in total. The highest BCUT2D eigenvalue weighted by Crippen LogP contribution is 2.45. The first-order valence-electron chi connectivity index (χ1n) is 6.08. The number of nitrogens with zero attached hydrogens (tertiary/aromatic N) is 1. The van der Waals surface area contributed by atoms with Crippen LogP contribution in [0.2, 0.25) is 0 Å². The highest BCUT2D eigenvalue weighted by atomic mass is 32.2. The van der Waals surface area contributed by atoms with Crippen molar-refractivity contribution in [2.75, 3.05) is 6.54 Å². The number of nitrogens with one attached hydrogen (secondary N) is 1. The number of rotatable bonds is 3. The summed E-state index contributed by atoms with van der Waals surface area (Å²) in [5.41, 5.74) is 0.259. The average molecular weight is 302 g/mol. The Bertz CT molecular complexity index is 733. The summed E-state index contributed by atoms with van der Waals surface area (Å²) >= 11 is 1.46. The van der Waals surface area contributed by atoms with Gasteiger partial charge < -0.3 is 15.2 Å². The number of ether oxygens (including phenoxy) is 1. The van der Waals surface area contributed by atoms with Crippen molar-refractivity contribution in [1.29, 1.82) is 0 Å². The molecule has 1 aromatic heterocycles. The lowest BCUT2D eigenvalue weighted by atomic mass is 10.2. The monoisotopic (exact) mass is 302 g/mol. The molecule has 0 spiro atoms. The maximum atomic E-state index is 11.8. The summed E-state index contributed by atoms with van der Waals surface area (Å²) in [7, 11) is 0. The Morgan fingerprint density at radius 2 is 2.10 bits per heavy atom. The number of carbonyl (C=O) groups is 2. The summed E-state index contributed by atoms with van der Waals surface area (Å²) in [6, 6.07) is 9.10. The highest BCUT2D eigenvalue weighted by Gasteiger charge is 2.20. The van der Waals surface area contributed by atoms with E-state index in [-0.39, 0.29) is 5.56 Å². The first kappa shape index (κ1) is 13.4. The van der Waals surface area contributed by atoms with E-state index >= 15 is 0 Å². The molecule has 1 aromatic carbocycles. The molecule has 1 aliphatic rings. The van der Waals surface area contributed by atoms with E-state index in [9.17, 15) is 9.59 Å². The van der Waals surface area contributed by atoms with Crippen molar-refractivity contribution in [3.8, 4) is 11.5 Å². The molecule has 0 fully saturated rings. The van der Waals surface area contributed by atoms with Crippen molar-refractivity contribution in [1.82, 2.24) is 10.3 Å². The number of pyridine rings is 1. The molecule has 7 heteroatoms. The van der Waals surface area contributed by atoms with Crippen molar-refractivity contribution in [2.45, 2.75) is 9.92 Å². The number of fused-ring (bicyclic) bond motifs is 2. The summed E-state index contributed by atoms with van der Waals surface area (Å²) in [5, 5.41) is 11.5. The number of aliphatic carboxylic acids is 1. The van der Waals surface area contributed by atoms with Crippen LogP contribution in [0.3, 0.4) is 0 Å². The number of para-hydroxylation sites is 1. The van der Waals surface area contributed by atoms with E-state index in [2.05, 4.69) is 10.3 Å². The lowest BCUT2D eigenvalue weighted by molar-refractivity contribution is -0.135. The van der Waals surface area contributed by atoms with Crippen LogP contribution in [0, 0.1) is 0 Å². The Hall–Kier alpha value is -2.54. The molecule has 0 radical (unpaired) electrons. The van der Waals surface area contributed by atoms with E-state index in [1.165, 1.54) is 18.0 Å². The molecule has 2 heterocycles. The predicted molar refractivity (Wildman–Crippen MR) is 74.8 cm³/mol. The minimum Gasteiger partial charge on any atom is -0.480 e. The molecule has 106 valence electrons. The van der Waals surface area contributed by atoms with Gasteiger partial charge in [0.2, 0.25) is 0 Å². The van der Waals surface area contributed by atoms with E-state index < -0.39 is 18.4 Å². The molecule has 1 amide bonds. The molecule has 0 saturated carbocycles. The molecular formula is C14H10N2O4S. The second kappa shape index (κ2) is 5.45. The molecular weight excluding hydrogens is 292 g/mol. The van der Waals surface area contributed by atoms with Crippen LogP contribution >= 0.6 is 11.8 Å². The minimum absolute atomic E-state index is 0.259. The van der Waals surface area contributed by atoms with Gasteiger partial charge >= 0.3 is 5.97 Å². The number of benzene rings is 1. The van der Waals surface area contributed by atoms with Crippen LogP contribution in [0.25, 0.3) is 0 Å².